The lowest BCUT2D eigenvalue weighted by atomic mass is 10.1. The second-order valence-corrected chi connectivity index (χ2v) is 6.76. The molecule has 0 aliphatic carbocycles. The van der Waals surface area contributed by atoms with E-state index < -0.39 is 17.5 Å². The summed E-state index contributed by atoms with van der Waals surface area (Å²) in [7, 11) is 4.57. The van der Waals surface area contributed by atoms with Crippen molar-refractivity contribution in [2.75, 3.05) is 34.5 Å². The molecule has 33 heavy (non-hydrogen) atoms. The summed E-state index contributed by atoms with van der Waals surface area (Å²) in [5, 5.41) is 3.07. The first-order valence-electron chi connectivity index (χ1n) is 9.92. The van der Waals surface area contributed by atoms with Crippen molar-refractivity contribution in [3.05, 3.63) is 70.1 Å². The van der Waals surface area contributed by atoms with Crippen LogP contribution in [0.15, 0.2) is 57.8 Å². The first-order valence-corrected chi connectivity index (χ1v) is 9.92. The third-order valence-electron chi connectivity index (χ3n) is 4.60. The minimum atomic E-state index is -0.799. The Morgan fingerprint density at radius 1 is 1.00 bits per heavy atom. The number of hydrogen-bond donors (Lipinski definition) is 1. The molecule has 3 aromatic rings. The molecule has 3 rings (SSSR count). The molecule has 1 N–H and O–H groups in total. The van der Waals surface area contributed by atoms with Crippen LogP contribution in [0, 0.1) is 0 Å². The number of ether oxygens (including phenoxy) is 4. The maximum Gasteiger partial charge on any atom is 0.349 e. The number of benzene rings is 2. The van der Waals surface area contributed by atoms with E-state index in [0.29, 0.717) is 29.1 Å². The fourth-order valence-electron chi connectivity index (χ4n) is 2.94. The van der Waals surface area contributed by atoms with Gasteiger partial charge in [-0.15, -0.1) is 0 Å². The van der Waals surface area contributed by atoms with Crippen molar-refractivity contribution in [1.82, 2.24) is 5.32 Å². The molecule has 1 heterocycles. The van der Waals surface area contributed by atoms with Crippen LogP contribution in [0.5, 0.6) is 17.2 Å². The van der Waals surface area contributed by atoms with Crippen molar-refractivity contribution in [3.63, 3.8) is 0 Å². The zero-order chi connectivity index (χ0) is 23.8. The van der Waals surface area contributed by atoms with Gasteiger partial charge in [-0.3, -0.25) is 4.79 Å². The number of rotatable bonds is 9. The molecular weight excluding hydrogens is 430 g/mol. The molecule has 0 bridgehead atoms. The van der Waals surface area contributed by atoms with Gasteiger partial charge in [-0.2, -0.15) is 0 Å². The summed E-state index contributed by atoms with van der Waals surface area (Å²) < 4.78 is 25.8. The average molecular weight is 453 g/mol. The molecule has 0 saturated heterocycles. The number of fused-ring (bicyclic) bond motifs is 1. The van der Waals surface area contributed by atoms with Crippen molar-refractivity contribution >= 4 is 28.9 Å². The zero-order valence-electron chi connectivity index (χ0n) is 18.4. The molecule has 9 nitrogen and oxygen atoms in total. The number of hydrogen-bond acceptors (Lipinski definition) is 8. The molecule has 0 aliphatic rings. The SMILES string of the molecule is COCCNC(=O)c1cc2ccc(OC(=O)/C=C/c3ccc(OC)cc3OC)cc2oc1=O. The third-order valence-corrected chi connectivity index (χ3v) is 4.60. The molecule has 1 amide bonds. The van der Waals surface area contributed by atoms with Crippen LogP contribution < -0.4 is 25.2 Å². The van der Waals surface area contributed by atoms with Gasteiger partial charge in [-0.25, -0.2) is 9.59 Å². The van der Waals surface area contributed by atoms with Gasteiger partial charge in [0.25, 0.3) is 5.91 Å². The molecule has 0 saturated carbocycles. The van der Waals surface area contributed by atoms with Gasteiger partial charge in [0, 0.05) is 42.8 Å². The lowest BCUT2D eigenvalue weighted by molar-refractivity contribution is -0.128. The van der Waals surface area contributed by atoms with Crippen LogP contribution in [0.25, 0.3) is 17.0 Å². The van der Waals surface area contributed by atoms with E-state index in [2.05, 4.69) is 5.32 Å². The van der Waals surface area contributed by atoms with Crippen LogP contribution >= 0.6 is 0 Å². The van der Waals surface area contributed by atoms with E-state index in [1.165, 1.54) is 38.5 Å². The Labute approximate surface area is 189 Å². The topological polar surface area (TPSA) is 113 Å². The lowest BCUT2D eigenvalue weighted by Gasteiger charge is -2.07. The average Bonchev–Trinajstić information content (AvgIpc) is 2.82. The summed E-state index contributed by atoms with van der Waals surface area (Å²) in [5.41, 5.74) is -0.0808. The lowest BCUT2D eigenvalue weighted by Crippen LogP contribution is -2.30. The highest BCUT2D eigenvalue weighted by atomic mass is 16.5. The van der Waals surface area contributed by atoms with Crippen LogP contribution in [0.3, 0.4) is 0 Å². The summed E-state index contributed by atoms with van der Waals surface area (Å²) in [6, 6.07) is 11.1. The van der Waals surface area contributed by atoms with Crippen molar-refractivity contribution in [3.8, 4) is 17.2 Å². The van der Waals surface area contributed by atoms with Crippen LogP contribution in [0.1, 0.15) is 15.9 Å². The summed E-state index contributed by atoms with van der Waals surface area (Å²) in [4.78, 5) is 36.6. The first kappa shape index (κ1) is 23.6. The highest BCUT2D eigenvalue weighted by molar-refractivity contribution is 5.97. The number of carbonyl (C=O) groups is 2. The molecule has 2 aromatic carbocycles. The fourth-order valence-corrected chi connectivity index (χ4v) is 2.94. The highest BCUT2D eigenvalue weighted by Crippen LogP contribution is 2.26. The Bertz CT molecular complexity index is 1240. The van der Waals surface area contributed by atoms with Gasteiger partial charge in [0.05, 0.1) is 20.8 Å². The van der Waals surface area contributed by atoms with Crippen molar-refractivity contribution in [2.24, 2.45) is 0 Å². The summed E-state index contributed by atoms with van der Waals surface area (Å²) in [5.74, 6) is 0.146. The molecule has 0 fully saturated rings. The van der Waals surface area contributed by atoms with Gasteiger partial charge < -0.3 is 28.7 Å². The Morgan fingerprint density at radius 3 is 2.52 bits per heavy atom. The molecule has 172 valence electrons. The molecule has 0 aliphatic heterocycles. The first-order chi connectivity index (χ1) is 15.9. The van der Waals surface area contributed by atoms with Gasteiger partial charge in [-0.1, -0.05) is 0 Å². The van der Waals surface area contributed by atoms with E-state index in [1.807, 2.05) is 0 Å². The molecular formula is C24H23NO8. The van der Waals surface area contributed by atoms with Crippen LogP contribution in [0.4, 0.5) is 0 Å². The molecule has 0 atom stereocenters. The minimum Gasteiger partial charge on any atom is -0.497 e. The Kier molecular flexibility index (Phi) is 7.82. The summed E-state index contributed by atoms with van der Waals surface area (Å²) >= 11 is 0. The van der Waals surface area contributed by atoms with Gasteiger partial charge in [0.15, 0.2) is 0 Å². The quantitative estimate of drug-likeness (QED) is 0.173. The summed E-state index contributed by atoms with van der Waals surface area (Å²) in [6.45, 7) is 0.580. The van der Waals surface area contributed by atoms with Crippen LogP contribution in [0.2, 0.25) is 0 Å². The van der Waals surface area contributed by atoms with Gasteiger partial charge in [0.2, 0.25) is 0 Å². The van der Waals surface area contributed by atoms with E-state index in [0.717, 1.165) is 0 Å². The Hall–Kier alpha value is -4.11. The van der Waals surface area contributed by atoms with Crippen molar-refractivity contribution in [1.29, 1.82) is 0 Å². The largest absolute Gasteiger partial charge is 0.497 e. The second-order valence-electron chi connectivity index (χ2n) is 6.76. The predicted molar refractivity (Wildman–Crippen MR) is 121 cm³/mol. The highest BCUT2D eigenvalue weighted by Gasteiger charge is 2.14. The van der Waals surface area contributed by atoms with Crippen molar-refractivity contribution in [2.45, 2.75) is 0 Å². The number of methoxy groups -OCH3 is 3. The monoisotopic (exact) mass is 453 g/mol. The van der Waals surface area contributed by atoms with E-state index in [-0.39, 0.29) is 23.4 Å². The smallest absolute Gasteiger partial charge is 0.349 e. The van der Waals surface area contributed by atoms with Crippen LogP contribution in [-0.2, 0) is 9.53 Å². The molecule has 9 heteroatoms. The van der Waals surface area contributed by atoms with Gasteiger partial charge >= 0.3 is 11.6 Å². The van der Waals surface area contributed by atoms with E-state index in [1.54, 1.807) is 37.5 Å². The predicted octanol–water partition coefficient (Wildman–Crippen LogP) is 2.81. The van der Waals surface area contributed by atoms with Crippen LogP contribution in [-0.4, -0.2) is 46.4 Å². The molecule has 1 aromatic heterocycles. The summed E-state index contributed by atoms with van der Waals surface area (Å²) in [6.07, 6.45) is 2.80. The fraction of sp³-hybridized carbons (Fsp3) is 0.208. The molecule has 0 unspecified atom stereocenters. The van der Waals surface area contributed by atoms with E-state index in [9.17, 15) is 14.4 Å². The minimum absolute atomic E-state index is 0.125. The zero-order valence-corrected chi connectivity index (χ0v) is 18.4. The van der Waals surface area contributed by atoms with Crippen molar-refractivity contribution < 1.29 is 33.0 Å². The number of carbonyl (C=O) groups excluding carboxylic acids is 2. The number of amides is 1. The maximum atomic E-state index is 12.3. The standard InChI is InChI=1S/C24H23NO8/c1-29-11-10-25-23(27)19-12-16-5-8-18(14-21(16)33-24(19)28)32-22(26)9-6-15-4-7-17(30-2)13-20(15)31-3/h4-9,12-14H,10-11H2,1-3H3,(H,25,27)/b9-6+. The Morgan fingerprint density at radius 2 is 1.79 bits per heavy atom. The normalized spacial score (nSPS) is 10.9. The number of nitrogens with one attached hydrogen (secondary N) is 1. The number of esters is 1. The maximum absolute atomic E-state index is 12.3. The van der Waals surface area contributed by atoms with E-state index in [4.69, 9.17) is 23.4 Å². The molecule has 0 spiro atoms. The van der Waals surface area contributed by atoms with Gasteiger partial charge in [0.1, 0.15) is 28.4 Å². The second kappa shape index (κ2) is 11.0. The molecule has 0 radical (unpaired) electrons. The Balaban J connectivity index is 1.74. The van der Waals surface area contributed by atoms with E-state index >= 15 is 0 Å². The third kappa shape index (κ3) is 5.98. The van der Waals surface area contributed by atoms with Gasteiger partial charge in [-0.05, 0) is 36.4 Å².